The summed E-state index contributed by atoms with van der Waals surface area (Å²) in [5, 5.41) is 0. The van der Waals surface area contributed by atoms with Crippen molar-refractivity contribution < 1.29 is 4.74 Å². The highest BCUT2D eigenvalue weighted by Crippen LogP contribution is 2.32. The van der Waals surface area contributed by atoms with Crippen molar-refractivity contribution in [3.8, 4) is 5.75 Å². The molecular formula is C34H37NO. The second-order valence-electron chi connectivity index (χ2n) is 9.07. The molecule has 0 atom stereocenters. The highest BCUT2D eigenvalue weighted by Gasteiger charge is 2.14. The summed E-state index contributed by atoms with van der Waals surface area (Å²) in [4.78, 5) is 2.38. The molecule has 4 aromatic rings. The monoisotopic (exact) mass is 475 g/mol. The van der Waals surface area contributed by atoms with E-state index in [0.717, 1.165) is 38.2 Å². The van der Waals surface area contributed by atoms with Crippen molar-refractivity contribution in [2.75, 3.05) is 26.2 Å². The number of rotatable bonds is 12. The Kier molecular flexibility index (Phi) is 9.53. The molecule has 0 radical (unpaired) electrons. The second kappa shape index (κ2) is 13.5. The Bertz CT molecular complexity index is 1150. The molecule has 184 valence electrons. The molecule has 0 aromatic heterocycles. The Labute approximate surface area is 216 Å². The van der Waals surface area contributed by atoms with Crippen LogP contribution < -0.4 is 4.74 Å². The summed E-state index contributed by atoms with van der Waals surface area (Å²) < 4.78 is 6.07. The predicted octanol–water partition coefficient (Wildman–Crippen LogP) is 7.69. The molecule has 0 bridgehead atoms. The molecule has 0 fully saturated rings. The van der Waals surface area contributed by atoms with Crippen molar-refractivity contribution in [3.05, 3.63) is 143 Å². The van der Waals surface area contributed by atoms with Crippen LogP contribution in [0, 0.1) is 0 Å². The van der Waals surface area contributed by atoms with E-state index in [4.69, 9.17) is 4.74 Å². The van der Waals surface area contributed by atoms with Crippen LogP contribution in [0.3, 0.4) is 0 Å². The van der Waals surface area contributed by atoms with Crippen LogP contribution in [-0.2, 0) is 12.8 Å². The Morgan fingerprint density at radius 1 is 0.583 bits per heavy atom. The van der Waals surface area contributed by atoms with Gasteiger partial charge in [0.1, 0.15) is 12.4 Å². The fourth-order valence-electron chi connectivity index (χ4n) is 4.65. The first kappa shape index (κ1) is 25.5. The molecule has 0 unspecified atom stereocenters. The first-order valence-electron chi connectivity index (χ1n) is 13.1. The van der Waals surface area contributed by atoms with E-state index in [1.807, 2.05) is 0 Å². The van der Waals surface area contributed by atoms with Gasteiger partial charge in [0.2, 0.25) is 0 Å². The Morgan fingerprint density at radius 3 is 1.56 bits per heavy atom. The minimum absolute atomic E-state index is 0.704. The quantitative estimate of drug-likeness (QED) is 0.208. The van der Waals surface area contributed by atoms with Crippen LogP contribution in [0.4, 0.5) is 0 Å². The molecule has 0 saturated carbocycles. The number of allylic oxidation sites excluding steroid dienone is 1. The van der Waals surface area contributed by atoms with E-state index in [1.54, 1.807) is 0 Å². The lowest BCUT2D eigenvalue weighted by Crippen LogP contribution is -2.27. The summed E-state index contributed by atoms with van der Waals surface area (Å²) in [6, 6.07) is 41.0. The number of nitrogens with zero attached hydrogens (tertiary/aromatic N) is 1. The largest absolute Gasteiger partial charge is 0.492 e. The van der Waals surface area contributed by atoms with E-state index in [2.05, 4.69) is 134 Å². The number of ether oxygens (including phenoxy) is 1. The molecule has 0 aliphatic carbocycles. The maximum atomic E-state index is 6.07. The summed E-state index contributed by atoms with van der Waals surface area (Å²) in [5.41, 5.74) is 7.84. The van der Waals surface area contributed by atoms with Gasteiger partial charge in [0, 0.05) is 6.54 Å². The van der Waals surface area contributed by atoms with E-state index in [-0.39, 0.29) is 0 Å². The van der Waals surface area contributed by atoms with Crippen molar-refractivity contribution in [1.82, 2.24) is 4.90 Å². The summed E-state index contributed by atoms with van der Waals surface area (Å²) in [7, 11) is 0. The molecule has 36 heavy (non-hydrogen) atoms. The molecule has 0 saturated heterocycles. The van der Waals surface area contributed by atoms with Crippen molar-refractivity contribution in [2.24, 2.45) is 0 Å². The maximum Gasteiger partial charge on any atom is 0.119 e. The van der Waals surface area contributed by atoms with E-state index in [1.165, 1.54) is 33.4 Å². The fourth-order valence-corrected chi connectivity index (χ4v) is 4.65. The van der Waals surface area contributed by atoms with E-state index in [0.29, 0.717) is 6.61 Å². The molecule has 2 heteroatoms. The van der Waals surface area contributed by atoms with Crippen LogP contribution in [0.5, 0.6) is 5.75 Å². The van der Waals surface area contributed by atoms with Gasteiger partial charge in [-0.15, -0.1) is 0 Å². The van der Waals surface area contributed by atoms with Gasteiger partial charge in [-0.3, -0.25) is 0 Å². The Balaban J connectivity index is 1.69. The summed E-state index contributed by atoms with van der Waals surface area (Å²) >= 11 is 0. The molecule has 2 nitrogen and oxygen atoms in total. The highest BCUT2D eigenvalue weighted by atomic mass is 16.5. The smallest absolute Gasteiger partial charge is 0.119 e. The van der Waals surface area contributed by atoms with Crippen molar-refractivity contribution in [3.63, 3.8) is 0 Å². The van der Waals surface area contributed by atoms with E-state index in [9.17, 15) is 0 Å². The number of hydrogen-bond donors (Lipinski definition) is 0. The first-order valence-corrected chi connectivity index (χ1v) is 13.1. The van der Waals surface area contributed by atoms with Gasteiger partial charge >= 0.3 is 0 Å². The van der Waals surface area contributed by atoms with Crippen LogP contribution in [0.25, 0.3) is 5.57 Å². The van der Waals surface area contributed by atoms with Gasteiger partial charge in [-0.25, -0.2) is 0 Å². The zero-order valence-corrected chi connectivity index (χ0v) is 21.6. The normalized spacial score (nSPS) is 10.9. The van der Waals surface area contributed by atoms with Gasteiger partial charge in [0.15, 0.2) is 0 Å². The molecule has 0 heterocycles. The first-order chi connectivity index (χ1) is 17.8. The minimum atomic E-state index is 0.704. The third-order valence-electron chi connectivity index (χ3n) is 6.65. The minimum Gasteiger partial charge on any atom is -0.492 e. The van der Waals surface area contributed by atoms with E-state index < -0.39 is 0 Å². The van der Waals surface area contributed by atoms with Crippen molar-refractivity contribution in [2.45, 2.75) is 26.7 Å². The average molecular weight is 476 g/mol. The second-order valence-corrected chi connectivity index (χ2v) is 9.07. The molecule has 0 N–H and O–H groups in total. The summed E-state index contributed by atoms with van der Waals surface area (Å²) in [6.45, 7) is 8.14. The average Bonchev–Trinajstić information content (AvgIpc) is 2.94. The van der Waals surface area contributed by atoms with Crippen LogP contribution >= 0.6 is 0 Å². The number of benzene rings is 4. The summed E-state index contributed by atoms with van der Waals surface area (Å²) in [5.74, 6) is 0.922. The molecular weight excluding hydrogens is 438 g/mol. The maximum absolute atomic E-state index is 6.07. The third kappa shape index (κ3) is 7.19. The van der Waals surface area contributed by atoms with Gasteiger partial charge in [0.05, 0.1) is 0 Å². The van der Waals surface area contributed by atoms with Gasteiger partial charge < -0.3 is 9.64 Å². The molecule has 0 spiro atoms. The van der Waals surface area contributed by atoms with Crippen LogP contribution in [-0.4, -0.2) is 31.1 Å². The molecule has 4 aromatic carbocycles. The van der Waals surface area contributed by atoms with Crippen LogP contribution in [0.15, 0.2) is 121 Å². The zero-order valence-electron chi connectivity index (χ0n) is 21.6. The SMILES string of the molecule is CCN(CC)CCOc1ccc(C(=C(Cc2ccccc2)Cc2ccccc2)c2ccccc2)cc1. The number of hydrogen-bond acceptors (Lipinski definition) is 2. The lowest BCUT2D eigenvalue weighted by molar-refractivity contribution is 0.223. The van der Waals surface area contributed by atoms with Gasteiger partial charge in [0.25, 0.3) is 0 Å². The zero-order chi connectivity index (χ0) is 25.0. The molecule has 4 rings (SSSR count). The van der Waals surface area contributed by atoms with Gasteiger partial charge in [-0.2, -0.15) is 0 Å². The third-order valence-corrected chi connectivity index (χ3v) is 6.65. The molecule has 0 amide bonds. The highest BCUT2D eigenvalue weighted by molar-refractivity contribution is 5.83. The number of likely N-dealkylation sites (N-methyl/N-ethyl adjacent to an activating group) is 1. The van der Waals surface area contributed by atoms with Crippen LogP contribution in [0.2, 0.25) is 0 Å². The lowest BCUT2D eigenvalue weighted by atomic mass is 9.87. The Hall–Kier alpha value is -3.62. The van der Waals surface area contributed by atoms with E-state index >= 15 is 0 Å². The molecule has 0 aliphatic rings. The van der Waals surface area contributed by atoms with Gasteiger partial charge in [-0.05, 0) is 65.9 Å². The van der Waals surface area contributed by atoms with Gasteiger partial charge in [-0.1, -0.05) is 123 Å². The Morgan fingerprint density at radius 2 is 1.06 bits per heavy atom. The lowest BCUT2D eigenvalue weighted by Gasteiger charge is -2.19. The summed E-state index contributed by atoms with van der Waals surface area (Å²) in [6.07, 6.45) is 1.81. The van der Waals surface area contributed by atoms with Crippen molar-refractivity contribution in [1.29, 1.82) is 0 Å². The van der Waals surface area contributed by atoms with Crippen molar-refractivity contribution >= 4 is 5.57 Å². The predicted molar refractivity (Wildman–Crippen MR) is 152 cm³/mol. The topological polar surface area (TPSA) is 12.5 Å². The fraction of sp³-hybridized carbons (Fsp3) is 0.235. The van der Waals surface area contributed by atoms with Crippen LogP contribution in [0.1, 0.15) is 36.1 Å². The standard InChI is InChI=1S/C34H37NO/c1-3-35(4-2)24-25-36-33-22-20-31(21-23-33)34(30-18-12-7-13-19-30)32(26-28-14-8-5-9-15-28)27-29-16-10-6-11-17-29/h5-23H,3-4,24-27H2,1-2H3. The molecule has 0 aliphatic heterocycles.